The molecule has 0 radical (unpaired) electrons. The van der Waals surface area contributed by atoms with Gasteiger partial charge in [0.15, 0.2) is 0 Å². The minimum absolute atomic E-state index is 0.112. The Balaban J connectivity index is 1.69. The molecule has 0 bridgehead atoms. The van der Waals surface area contributed by atoms with Crippen LogP contribution < -0.4 is 4.90 Å². The van der Waals surface area contributed by atoms with Crippen LogP contribution in [0.2, 0.25) is 0 Å². The molecular formula is C23H19FN2O3S. The molecule has 4 rings (SSSR count). The fourth-order valence-electron chi connectivity index (χ4n) is 3.58. The van der Waals surface area contributed by atoms with Crippen LogP contribution in [0.1, 0.15) is 27.2 Å². The van der Waals surface area contributed by atoms with Crippen molar-refractivity contribution in [3.05, 3.63) is 87.9 Å². The van der Waals surface area contributed by atoms with Crippen LogP contribution in [0, 0.1) is 12.7 Å². The van der Waals surface area contributed by atoms with E-state index in [0.29, 0.717) is 11.3 Å². The Morgan fingerprint density at radius 3 is 2.50 bits per heavy atom. The molecule has 3 aromatic rings. The Morgan fingerprint density at radius 1 is 1.10 bits per heavy atom. The average Bonchev–Trinajstić information content (AvgIpc) is 3.35. The van der Waals surface area contributed by atoms with Crippen LogP contribution in [0.25, 0.3) is 0 Å². The SMILES string of the molecule is Cc1ccccc1C(=O)N(Cc1cccs1)C1CC(=O)N(c2ccc(F)cc2)C1=O. The van der Waals surface area contributed by atoms with Gasteiger partial charge in [-0.25, -0.2) is 9.29 Å². The lowest BCUT2D eigenvalue weighted by Crippen LogP contribution is -2.45. The van der Waals surface area contributed by atoms with Crippen molar-refractivity contribution in [2.75, 3.05) is 4.90 Å². The van der Waals surface area contributed by atoms with E-state index in [1.807, 2.05) is 36.6 Å². The Morgan fingerprint density at radius 2 is 1.83 bits per heavy atom. The van der Waals surface area contributed by atoms with Crippen LogP contribution in [-0.4, -0.2) is 28.7 Å². The van der Waals surface area contributed by atoms with Crippen LogP contribution in [0.5, 0.6) is 0 Å². The molecule has 0 spiro atoms. The zero-order valence-electron chi connectivity index (χ0n) is 16.2. The largest absolute Gasteiger partial charge is 0.321 e. The molecule has 5 nitrogen and oxygen atoms in total. The molecule has 152 valence electrons. The summed E-state index contributed by atoms with van der Waals surface area (Å²) in [4.78, 5) is 42.7. The van der Waals surface area contributed by atoms with Crippen molar-refractivity contribution in [3.8, 4) is 0 Å². The quantitative estimate of drug-likeness (QED) is 0.580. The van der Waals surface area contributed by atoms with Crippen LogP contribution in [0.4, 0.5) is 10.1 Å². The van der Waals surface area contributed by atoms with Crippen LogP contribution in [0.15, 0.2) is 66.0 Å². The zero-order valence-corrected chi connectivity index (χ0v) is 17.1. The predicted octanol–water partition coefficient (Wildman–Crippen LogP) is 4.17. The molecule has 1 aliphatic rings. The number of aryl methyl sites for hydroxylation is 1. The molecule has 30 heavy (non-hydrogen) atoms. The van der Waals surface area contributed by atoms with E-state index >= 15 is 0 Å². The molecular weight excluding hydrogens is 403 g/mol. The molecule has 0 aliphatic carbocycles. The number of halogens is 1. The number of carbonyl (C=O) groups is 3. The summed E-state index contributed by atoms with van der Waals surface area (Å²) in [7, 11) is 0. The summed E-state index contributed by atoms with van der Waals surface area (Å²) in [6.07, 6.45) is -0.112. The third-order valence-corrected chi connectivity index (χ3v) is 5.99. The average molecular weight is 422 g/mol. The van der Waals surface area contributed by atoms with E-state index < -0.39 is 23.7 Å². The normalized spacial score (nSPS) is 16.2. The highest BCUT2D eigenvalue weighted by atomic mass is 32.1. The predicted molar refractivity (Wildman–Crippen MR) is 113 cm³/mol. The first-order valence-corrected chi connectivity index (χ1v) is 10.3. The fraction of sp³-hybridized carbons (Fsp3) is 0.174. The number of carbonyl (C=O) groups excluding carboxylic acids is 3. The third kappa shape index (κ3) is 3.76. The molecule has 1 aromatic heterocycles. The van der Waals surface area contributed by atoms with Gasteiger partial charge in [-0.3, -0.25) is 14.4 Å². The van der Waals surface area contributed by atoms with Crippen molar-refractivity contribution < 1.29 is 18.8 Å². The second kappa shape index (κ2) is 8.20. The highest BCUT2D eigenvalue weighted by molar-refractivity contribution is 7.09. The van der Waals surface area contributed by atoms with Gasteiger partial charge in [0.2, 0.25) is 5.91 Å². The monoisotopic (exact) mass is 422 g/mol. The van der Waals surface area contributed by atoms with Crippen molar-refractivity contribution in [1.29, 1.82) is 0 Å². The minimum Gasteiger partial charge on any atom is -0.321 e. The van der Waals surface area contributed by atoms with Gasteiger partial charge in [0.25, 0.3) is 11.8 Å². The van der Waals surface area contributed by atoms with E-state index in [2.05, 4.69) is 0 Å². The van der Waals surface area contributed by atoms with E-state index in [-0.39, 0.29) is 18.9 Å². The van der Waals surface area contributed by atoms with Crippen molar-refractivity contribution in [3.63, 3.8) is 0 Å². The Hall–Kier alpha value is -3.32. The highest BCUT2D eigenvalue weighted by Gasteiger charge is 2.44. The number of anilines is 1. The summed E-state index contributed by atoms with van der Waals surface area (Å²) >= 11 is 1.48. The van der Waals surface area contributed by atoms with Gasteiger partial charge in [0.1, 0.15) is 11.9 Å². The smallest absolute Gasteiger partial charge is 0.257 e. The first-order valence-electron chi connectivity index (χ1n) is 9.47. The van der Waals surface area contributed by atoms with E-state index in [1.54, 1.807) is 12.1 Å². The first kappa shape index (κ1) is 20.0. The maximum absolute atomic E-state index is 13.4. The Labute approximate surface area is 177 Å². The maximum atomic E-state index is 13.4. The molecule has 2 heterocycles. The summed E-state index contributed by atoms with van der Waals surface area (Å²) in [6.45, 7) is 2.06. The van der Waals surface area contributed by atoms with Gasteiger partial charge in [-0.15, -0.1) is 11.3 Å². The number of nitrogens with zero attached hydrogens (tertiary/aromatic N) is 2. The van der Waals surface area contributed by atoms with Gasteiger partial charge in [-0.2, -0.15) is 0 Å². The van der Waals surface area contributed by atoms with Crippen molar-refractivity contribution >= 4 is 34.7 Å². The molecule has 2 aromatic carbocycles. The zero-order chi connectivity index (χ0) is 21.3. The number of benzene rings is 2. The number of amides is 3. The summed E-state index contributed by atoms with van der Waals surface area (Å²) in [5.74, 6) is -1.65. The van der Waals surface area contributed by atoms with Gasteiger partial charge < -0.3 is 4.90 Å². The molecule has 0 saturated carbocycles. The third-order valence-electron chi connectivity index (χ3n) is 5.13. The van der Waals surface area contributed by atoms with Gasteiger partial charge >= 0.3 is 0 Å². The molecule has 7 heteroatoms. The highest BCUT2D eigenvalue weighted by Crippen LogP contribution is 2.29. The number of hydrogen-bond donors (Lipinski definition) is 0. The Bertz CT molecular complexity index is 1100. The van der Waals surface area contributed by atoms with Crippen molar-refractivity contribution in [2.45, 2.75) is 25.9 Å². The van der Waals surface area contributed by atoms with Crippen LogP contribution in [0.3, 0.4) is 0 Å². The summed E-state index contributed by atoms with van der Waals surface area (Å²) in [5.41, 5.74) is 1.59. The lowest BCUT2D eigenvalue weighted by molar-refractivity contribution is -0.122. The van der Waals surface area contributed by atoms with E-state index in [1.165, 1.54) is 40.5 Å². The second-order valence-electron chi connectivity index (χ2n) is 7.09. The van der Waals surface area contributed by atoms with Gasteiger partial charge in [0, 0.05) is 10.4 Å². The number of thiophene rings is 1. The minimum atomic E-state index is -0.920. The fourth-order valence-corrected chi connectivity index (χ4v) is 4.29. The Kier molecular flexibility index (Phi) is 5.46. The summed E-state index contributed by atoms with van der Waals surface area (Å²) in [5, 5.41) is 1.90. The van der Waals surface area contributed by atoms with E-state index in [0.717, 1.165) is 15.3 Å². The van der Waals surface area contributed by atoms with Gasteiger partial charge in [-0.1, -0.05) is 24.3 Å². The molecule has 1 aliphatic heterocycles. The summed E-state index contributed by atoms with van der Waals surface area (Å²) in [6, 6.07) is 15.2. The molecule has 1 saturated heterocycles. The topological polar surface area (TPSA) is 57.7 Å². The molecule has 0 N–H and O–H groups in total. The number of imide groups is 1. The molecule has 3 amide bonds. The molecule has 1 unspecified atom stereocenters. The van der Waals surface area contributed by atoms with Crippen molar-refractivity contribution in [2.24, 2.45) is 0 Å². The van der Waals surface area contributed by atoms with E-state index in [4.69, 9.17) is 0 Å². The van der Waals surface area contributed by atoms with Crippen LogP contribution in [-0.2, 0) is 16.1 Å². The van der Waals surface area contributed by atoms with Crippen molar-refractivity contribution in [1.82, 2.24) is 4.90 Å². The maximum Gasteiger partial charge on any atom is 0.257 e. The first-order chi connectivity index (χ1) is 14.5. The summed E-state index contributed by atoms with van der Waals surface area (Å²) < 4.78 is 13.3. The number of hydrogen-bond acceptors (Lipinski definition) is 4. The lowest BCUT2D eigenvalue weighted by Gasteiger charge is -2.28. The standard InChI is InChI=1S/C23H19FN2O3S/c1-15-5-2-3-7-19(15)22(28)25(14-18-6-4-12-30-18)20-13-21(27)26(23(20)29)17-10-8-16(24)9-11-17/h2-12,20H,13-14H2,1H3. The van der Waals surface area contributed by atoms with Crippen LogP contribution >= 0.6 is 11.3 Å². The molecule has 1 atom stereocenters. The number of rotatable bonds is 5. The lowest BCUT2D eigenvalue weighted by atomic mass is 10.1. The second-order valence-corrected chi connectivity index (χ2v) is 8.12. The van der Waals surface area contributed by atoms with Gasteiger partial charge in [0.05, 0.1) is 18.7 Å². The van der Waals surface area contributed by atoms with E-state index in [9.17, 15) is 18.8 Å². The van der Waals surface area contributed by atoms with Gasteiger partial charge in [-0.05, 0) is 54.3 Å². The molecule has 1 fully saturated rings.